The van der Waals surface area contributed by atoms with Gasteiger partial charge in [0.25, 0.3) is 5.91 Å². The van der Waals surface area contributed by atoms with Crippen molar-refractivity contribution in [3.8, 4) is 5.75 Å². The minimum atomic E-state index is -0.527. The zero-order valence-electron chi connectivity index (χ0n) is 16.7. The highest BCUT2D eigenvalue weighted by atomic mass is 35.5. The summed E-state index contributed by atoms with van der Waals surface area (Å²) in [4.78, 5) is 18.8. The predicted molar refractivity (Wildman–Crippen MR) is 116 cm³/mol. The fourth-order valence-corrected chi connectivity index (χ4v) is 3.90. The Bertz CT molecular complexity index is 1060. The molecule has 1 fully saturated rings. The Balaban J connectivity index is 1.33. The van der Waals surface area contributed by atoms with Crippen LogP contribution in [0, 0.1) is 5.82 Å². The first-order chi connectivity index (χ1) is 15.0. The quantitative estimate of drug-likeness (QED) is 0.485. The molecule has 2 heterocycles. The summed E-state index contributed by atoms with van der Waals surface area (Å²) in [6.07, 6.45) is 4.13. The number of oxazole rings is 1. The van der Waals surface area contributed by atoms with Crippen molar-refractivity contribution in [3.63, 3.8) is 0 Å². The van der Waals surface area contributed by atoms with E-state index < -0.39 is 5.82 Å². The maximum Gasteiger partial charge on any atom is 0.260 e. The molecular formula is C23H21Cl2FN2O3. The largest absolute Gasteiger partial charge is 0.484 e. The number of amides is 1. The van der Waals surface area contributed by atoms with Crippen molar-refractivity contribution >= 4 is 29.1 Å². The third kappa shape index (κ3) is 5.57. The van der Waals surface area contributed by atoms with Gasteiger partial charge in [-0.05, 0) is 42.7 Å². The molecule has 1 saturated heterocycles. The minimum Gasteiger partial charge on any atom is -0.484 e. The summed E-state index contributed by atoms with van der Waals surface area (Å²) < 4.78 is 24.7. The zero-order chi connectivity index (χ0) is 21.8. The number of carbonyl (C=O) groups excluding carboxylic acids is 1. The SMILES string of the molecule is O=C(COc1ccc(F)c(Cl)c1)N1CCCC(c2ncc(Cc3ccc(Cl)cc3)o2)C1. The van der Waals surface area contributed by atoms with E-state index in [0.717, 1.165) is 24.2 Å². The number of ether oxygens (including phenoxy) is 1. The van der Waals surface area contributed by atoms with E-state index >= 15 is 0 Å². The minimum absolute atomic E-state index is 0.0388. The van der Waals surface area contributed by atoms with Crippen molar-refractivity contribution in [2.24, 2.45) is 0 Å². The summed E-state index contributed by atoms with van der Waals surface area (Å²) in [5, 5.41) is 0.654. The molecule has 4 rings (SSSR count). The number of aromatic nitrogens is 1. The van der Waals surface area contributed by atoms with Gasteiger partial charge in [0.2, 0.25) is 0 Å². The fourth-order valence-electron chi connectivity index (χ4n) is 3.60. The van der Waals surface area contributed by atoms with Crippen molar-refractivity contribution in [2.45, 2.75) is 25.2 Å². The average Bonchev–Trinajstić information content (AvgIpc) is 3.24. The van der Waals surface area contributed by atoms with Crippen LogP contribution in [0.25, 0.3) is 0 Å². The van der Waals surface area contributed by atoms with Gasteiger partial charge in [-0.25, -0.2) is 9.37 Å². The maximum atomic E-state index is 13.2. The maximum absolute atomic E-state index is 13.2. The van der Waals surface area contributed by atoms with E-state index in [-0.39, 0.29) is 23.5 Å². The predicted octanol–water partition coefficient (Wildman–Crippen LogP) is 5.50. The molecule has 0 aliphatic carbocycles. The van der Waals surface area contributed by atoms with E-state index in [2.05, 4.69) is 4.98 Å². The molecule has 0 radical (unpaired) electrons. The molecule has 0 saturated carbocycles. The average molecular weight is 463 g/mol. The van der Waals surface area contributed by atoms with Gasteiger partial charge >= 0.3 is 0 Å². The molecule has 0 spiro atoms. The van der Waals surface area contributed by atoms with Crippen LogP contribution in [-0.4, -0.2) is 35.5 Å². The topological polar surface area (TPSA) is 55.6 Å². The number of nitrogens with zero attached hydrogens (tertiary/aromatic N) is 2. The van der Waals surface area contributed by atoms with Crippen LogP contribution in [0.15, 0.2) is 53.1 Å². The van der Waals surface area contributed by atoms with Crippen LogP contribution in [0.1, 0.15) is 36.0 Å². The van der Waals surface area contributed by atoms with E-state index in [1.54, 1.807) is 11.1 Å². The highest BCUT2D eigenvalue weighted by Crippen LogP contribution is 2.28. The number of likely N-dealkylation sites (tertiary alicyclic amines) is 1. The van der Waals surface area contributed by atoms with Crippen LogP contribution in [0.4, 0.5) is 4.39 Å². The second kappa shape index (κ2) is 9.71. The Morgan fingerprint density at radius 2 is 2.03 bits per heavy atom. The van der Waals surface area contributed by atoms with Crippen molar-refractivity contribution in [3.05, 3.63) is 81.7 Å². The highest BCUT2D eigenvalue weighted by Gasteiger charge is 2.28. The molecule has 0 bridgehead atoms. The van der Waals surface area contributed by atoms with Crippen molar-refractivity contribution in [1.29, 1.82) is 0 Å². The molecule has 1 unspecified atom stereocenters. The van der Waals surface area contributed by atoms with Crippen LogP contribution >= 0.6 is 23.2 Å². The summed E-state index contributed by atoms with van der Waals surface area (Å²) in [5.41, 5.74) is 1.09. The lowest BCUT2D eigenvalue weighted by Gasteiger charge is -2.31. The Hall–Kier alpha value is -2.57. The molecule has 8 heteroatoms. The summed E-state index contributed by atoms with van der Waals surface area (Å²) in [5.74, 6) is 1.15. The molecule has 1 aliphatic rings. The van der Waals surface area contributed by atoms with Gasteiger partial charge in [0.15, 0.2) is 12.5 Å². The van der Waals surface area contributed by atoms with Gasteiger partial charge in [-0.1, -0.05) is 35.3 Å². The second-order valence-electron chi connectivity index (χ2n) is 7.51. The van der Waals surface area contributed by atoms with Gasteiger partial charge < -0.3 is 14.1 Å². The number of rotatable bonds is 6. The lowest BCUT2D eigenvalue weighted by atomic mass is 9.98. The van der Waals surface area contributed by atoms with Gasteiger partial charge in [-0.2, -0.15) is 0 Å². The molecule has 5 nitrogen and oxygen atoms in total. The van der Waals surface area contributed by atoms with Crippen LogP contribution in [0.5, 0.6) is 5.75 Å². The summed E-state index contributed by atoms with van der Waals surface area (Å²) in [6, 6.07) is 11.6. The Morgan fingerprint density at radius 3 is 2.81 bits per heavy atom. The first-order valence-electron chi connectivity index (χ1n) is 10.0. The van der Waals surface area contributed by atoms with E-state index in [1.807, 2.05) is 24.3 Å². The summed E-state index contributed by atoms with van der Waals surface area (Å²) >= 11 is 11.7. The molecule has 162 valence electrons. The molecule has 31 heavy (non-hydrogen) atoms. The van der Waals surface area contributed by atoms with Gasteiger partial charge in [0, 0.05) is 30.6 Å². The lowest BCUT2D eigenvalue weighted by molar-refractivity contribution is -0.134. The van der Waals surface area contributed by atoms with Crippen LogP contribution in [-0.2, 0) is 11.2 Å². The molecule has 1 amide bonds. The first-order valence-corrected chi connectivity index (χ1v) is 10.8. The van der Waals surface area contributed by atoms with E-state index in [0.29, 0.717) is 36.2 Å². The standard InChI is InChI=1S/C23H21Cl2FN2O3/c24-17-5-3-15(4-6-17)10-19-12-27-23(31-19)16-2-1-9-28(13-16)22(29)14-30-18-7-8-21(26)20(25)11-18/h3-8,11-12,16H,1-2,9-10,13-14H2. The molecule has 2 aromatic carbocycles. The molecule has 1 aliphatic heterocycles. The third-order valence-corrected chi connectivity index (χ3v) is 5.78. The molecule has 1 atom stereocenters. The number of benzene rings is 2. The lowest BCUT2D eigenvalue weighted by Crippen LogP contribution is -2.41. The monoisotopic (exact) mass is 462 g/mol. The van der Waals surface area contributed by atoms with E-state index in [1.165, 1.54) is 18.2 Å². The van der Waals surface area contributed by atoms with Crippen LogP contribution < -0.4 is 4.74 Å². The van der Waals surface area contributed by atoms with Crippen LogP contribution in [0.2, 0.25) is 10.0 Å². The summed E-state index contributed by atoms with van der Waals surface area (Å²) in [6.45, 7) is 1.04. The van der Waals surface area contributed by atoms with E-state index in [9.17, 15) is 9.18 Å². The Kier molecular flexibility index (Phi) is 6.78. The van der Waals surface area contributed by atoms with Gasteiger partial charge in [-0.15, -0.1) is 0 Å². The van der Waals surface area contributed by atoms with E-state index in [4.69, 9.17) is 32.4 Å². The molecular weight excluding hydrogens is 442 g/mol. The van der Waals surface area contributed by atoms with Gasteiger partial charge in [0.05, 0.1) is 17.1 Å². The number of hydrogen-bond donors (Lipinski definition) is 0. The Morgan fingerprint density at radius 1 is 1.23 bits per heavy atom. The number of hydrogen-bond acceptors (Lipinski definition) is 4. The first kappa shape index (κ1) is 21.7. The zero-order valence-corrected chi connectivity index (χ0v) is 18.2. The second-order valence-corrected chi connectivity index (χ2v) is 8.36. The van der Waals surface area contributed by atoms with Crippen molar-refractivity contribution in [1.82, 2.24) is 9.88 Å². The van der Waals surface area contributed by atoms with Gasteiger partial charge in [0.1, 0.15) is 17.3 Å². The number of piperidine rings is 1. The smallest absolute Gasteiger partial charge is 0.260 e. The van der Waals surface area contributed by atoms with Crippen LogP contribution in [0.3, 0.4) is 0 Å². The molecule has 1 aromatic heterocycles. The third-order valence-electron chi connectivity index (χ3n) is 5.24. The summed E-state index contributed by atoms with van der Waals surface area (Å²) in [7, 11) is 0. The molecule has 3 aromatic rings. The van der Waals surface area contributed by atoms with Gasteiger partial charge in [-0.3, -0.25) is 4.79 Å². The van der Waals surface area contributed by atoms with Crippen molar-refractivity contribution < 1.29 is 18.3 Å². The number of carbonyl (C=O) groups is 1. The molecule has 0 N–H and O–H groups in total. The highest BCUT2D eigenvalue weighted by molar-refractivity contribution is 6.31. The Labute approximate surface area is 189 Å². The fraction of sp³-hybridized carbons (Fsp3) is 0.304. The normalized spacial score (nSPS) is 16.4. The number of halogens is 3. The van der Waals surface area contributed by atoms with Crippen molar-refractivity contribution in [2.75, 3.05) is 19.7 Å².